The number of methoxy groups -OCH3 is 1. The van der Waals surface area contributed by atoms with Crippen LogP contribution in [0.25, 0.3) is 0 Å². The van der Waals surface area contributed by atoms with E-state index in [1.807, 2.05) is 6.92 Å². The molecule has 1 aromatic rings. The first kappa shape index (κ1) is 14.5. The van der Waals surface area contributed by atoms with E-state index in [0.29, 0.717) is 17.8 Å². The van der Waals surface area contributed by atoms with Crippen molar-refractivity contribution in [2.24, 2.45) is 0 Å². The Morgan fingerprint density at radius 1 is 1.24 bits per heavy atom. The number of hydrogen-bond donors (Lipinski definition) is 0. The fourth-order valence-electron chi connectivity index (χ4n) is 1.00. The van der Waals surface area contributed by atoms with Gasteiger partial charge in [0.1, 0.15) is 0 Å². The molecule has 0 aliphatic rings. The predicted octanol–water partition coefficient (Wildman–Crippen LogP) is 2.44. The summed E-state index contributed by atoms with van der Waals surface area (Å²) in [5.74, 6) is 0.876. The second kappa shape index (κ2) is 8.49. The van der Waals surface area contributed by atoms with Crippen LogP contribution in [0.1, 0.15) is 19.8 Å². The van der Waals surface area contributed by atoms with Crippen molar-refractivity contribution in [3.63, 3.8) is 0 Å². The quantitative estimate of drug-likeness (QED) is 0.537. The first-order valence-corrected chi connectivity index (χ1v) is 6.78. The van der Waals surface area contributed by atoms with E-state index < -0.39 is 0 Å². The molecule has 0 amide bonds. The van der Waals surface area contributed by atoms with Crippen molar-refractivity contribution in [1.29, 1.82) is 0 Å². The summed E-state index contributed by atoms with van der Waals surface area (Å²) >= 11 is 7.30. The molecule has 0 aliphatic carbocycles. The number of aromatic nitrogens is 3. The molecular formula is C10H16ClN3O2S. The Bertz CT molecular complexity index is 341. The molecule has 1 rings (SSSR count). The normalized spacial score (nSPS) is 10.5. The van der Waals surface area contributed by atoms with E-state index >= 15 is 0 Å². The minimum atomic E-state index is 0.167. The van der Waals surface area contributed by atoms with Crippen LogP contribution in [-0.2, 0) is 4.74 Å². The highest BCUT2D eigenvalue weighted by Crippen LogP contribution is 2.18. The summed E-state index contributed by atoms with van der Waals surface area (Å²) in [6.45, 7) is 3.32. The van der Waals surface area contributed by atoms with Crippen molar-refractivity contribution in [3.8, 4) is 6.01 Å². The summed E-state index contributed by atoms with van der Waals surface area (Å²) in [7, 11) is 1.68. The van der Waals surface area contributed by atoms with Gasteiger partial charge in [0.15, 0.2) is 5.16 Å². The smallest absolute Gasteiger partial charge is 0.321 e. The molecule has 0 aliphatic heterocycles. The highest BCUT2D eigenvalue weighted by molar-refractivity contribution is 7.99. The van der Waals surface area contributed by atoms with Crippen molar-refractivity contribution in [1.82, 2.24) is 15.0 Å². The number of nitrogens with zero attached hydrogens (tertiary/aromatic N) is 3. The Morgan fingerprint density at radius 3 is 2.76 bits per heavy atom. The molecule has 7 heteroatoms. The Balaban J connectivity index is 2.50. The molecule has 0 saturated heterocycles. The SMILES string of the molecule is CCCOc1nc(Cl)nc(SCCCOC)n1. The van der Waals surface area contributed by atoms with Gasteiger partial charge in [-0.2, -0.15) is 15.0 Å². The molecule has 0 radical (unpaired) electrons. The largest absolute Gasteiger partial charge is 0.463 e. The maximum Gasteiger partial charge on any atom is 0.321 e. The lowest BCUT2D eigenvalue weighted by Gasteiger charge is -2.04. The van der Waals surface area contributed by atoms with Gasteiger partial charge in [0, 0.05) is 19.5 Å². The summed E-state index contributed by atoms with van der Waals surface area (Å²) in [5, 5.41) is 0.757. The Labute approximate surface area is 110 Å². The molecular weight excluding hydrogens is 262 g/mol. The van der Waals surface area contributed by atoms with Crippen LogP contribution in [0.15, 0.2) is 5.16 Å². The molecule has 5 nitrogen and oxygen atoms in total. The summed E-state index contributed by atoms with van der Waals surface area (Å²) in [5.41, 5.74) is 0. The van der Waals surface area contributed by atoms with Gasteiger partial charge < -0.3 is 9.47 Å². The van der Waals surface area contributed by atoms with Gasteiger partial charge in [-0.1, -0.05) is 18.7 Å². The molecule has 0 atom stereocenters. The first-order chi connectivity index (χ1) is 8.26. The van der Waals surface area contributed by atoms with Gasteiger partial charge in [-0.05, 0) is 24.4 Å². The van der Waals surface area contributed by atoms with Crippen LogP contribution in [0.3, 0.4) is 0 Å². The highest BCUT2D eigenvalue weighted by atomic mass is 35.5. The summed E-state index contributed by atoms with van der Waals surface area (Å²) in [6, 6.07) is 0.293. The van der Waals surface area contributed by atoms with Crippen LogP contribution in [0.2, 0.25) is 5.28 Å². The van der Waals surface area contributed by atoms with Gasteiger partial charge in [-0.3, -0.25) is 0 Å². The molecule has 0 aromatic carbocycles. The van der Waals surface area contributed by atoms with Crippen molar-refractivity contribution >= 4 is 23.4 Å². The molecule has 0 N–H and O–H groups in total. The number of halogens is 1. The van der Waals surface area contributed by atoms with E-state index in [2.05, 4.69) is 15.0 Å². The molecule has 0 unspecified atom stereocenters. The average Bonchev–Trinajstić information content (AvgIpc) is 2.31. The van der Waals surface area contributed by atoms with Gasteiger partial charge in [-0.15, -0.1) is 0 Å². The van der Waals surface area contributed by atoms with E-state index in [0.717, 1.165) is 25.2 Å². The molecule has 0 fully saturated rings. The first-order valence-electron chi connectivity index (χ1n) is 5.42. The number of thioether (sulfide) groups is 1. The molecule has 96 valence electrons. The van der Waals surface area contributed by atoms with Crippen molar-refractivity contribution < 1.29 is 9.47 Å². The summed E-state index contributed by atoms with van der Waals surface area (Å²) in [4.78, 5) is 12.1. The van der Waals surface area contributed by atoms with Gasteiger partial charge in [0.25, 0.3) is 0 Å². The van der Waals surface area contributed by atoms with Crippen LogP contribution in [0.5, 0.6) is 6.01 Å². The van der Waals surface area contributed by atoms with Crippen LogP contribution in [0.4, 0.5) is 0 Å². The Morgan fingerprint density at radius 2 is 2.06 bits per heavy atom. The van der Waals surface area contributed by atoms with E-state index in [-0.39, 0.29) is 5.28 Å². The fraction of sp³-hybridized carbons (Fsp3) is 0.700. The predicted molar refractivity (Wildman–Crippen MR) is 67.8 cm³/mol. The van der Waals surface area contributed by atoms with Gasteiger partial charge in [0.05, 0.1) is 6.61 Å². The lowest BCUT2D eigenvalue weighted by atomic mass is 10.5. The number of rotatable bonds is 8. The van der Waals surface area contributed by atoms with Crippen molar-refractivity contribution in [2.75, 3.05) is 26.1 Å². The molecule has 0 saturated carbocycles. The fourth-order valence-corrected chi connectivity index (χ4v) is 1.94. The molecule has 0 bridgehead atoms. The second-order valence-corrected chi connectivity index (χ2v) is 4.61. The summed E-state index contributed by atoms with van der Waals surface area (Å²) < 4.78 is 10.3. The van der Waals surface area contributed by atoms with Gasteiger partial charge in [-0.25, -0.2) is 0 Å². The minimum Gasteiger partial charge on any atom is -0.463 e. The van der Waals surface area contributed by atoms with Crippen LogP contribution >= 0.6 is 23.4 Å². The van der Waals surface area contributed by atoms with E-state index in [1.165, 1.54) is 11.8 Å². The van der Waals surface area contributed by atoms with Crippen LogP contribution in [-0.4, -0.2) is 41.0 Å². The number of ether oxygens (including phenoxy) is 2. The Hall–Kier alpha value is -0.590. The summed E-state index contributed by atoms with van der Waals surface area (Å²) in [6.07, 6.45) is 1.84. The lowest BCUT2D eigenvalue weighted by molar-refractivity contribution is 0.200. The van der Waals surface area contributed by atoms with Crippen molar-refractivity contribution in [3.05, 3.63) is 5.28 Å². The molecule has 1 heterocycles. The zero-order valence-corrected chi connectivity index (χ0v) is 11.6. The van der Waals surface area contributed by atoms with Crippen molar-refractivity contribution in [2.45, 2.75) is 24.9 Å². The van der Waals surface area contributed by atoms with E-state index in [9.17, 15) is 0 Å². The topological polar surface area (TPSA) is 57.1 Å². The third-order valence-electron chi connectivity index (χ3n) is 1.73. The zero-order chi connectivity index (χ0) is 12.5. The third-order valence-corrected chi connectivity index (χ3v) is 2.83. The average molecular weight is 278 g/mol. The van der Waals surface area contributed by atoms with Crippen LogP contribution < -0.4 is 4.74 Å². The molecule has 17 heavy (non-hydrogen) atoms. The van der Waals surface area contributed by atoms with Gasteiger partial charge in [0.2, 0.25) is 5.28 Å². The van der Waals surface area contributed by atoms with E-state index in [1.54, 1.807) is 7.11 Å². The second-order valence-electron chi connectivity index (χ2n) is 3.21. The third kappa shape index (κ3) is 6.05. The van der Waals surface area contributed by atoms with Gasteiger partial charge >= 0.3 is 6.01 Å². The maximum absolute atomic E-state index is 5.79. The molecule has 0 spiro atoms. The monoisotopic (exact) mass is 277 g/mol. The lowest BCUT2D eigenvalue weighted by Crippen LogP contribution is -2.02. The highest BCUT2D eigenvalue weighted by Gasteiger charge is 2.06. The Kier molecular flexibility index (Phi) is 7.23. The van der Waals surface area contributed by atoms with Crippen LogP contribution in [0, 0.1) is 0 Å². The standard InChI is InChI=1S/C10H16ClN3O2S/c1-3-5-16-9-12-8(11)13-10(14-9)17-7-4-6-15-2/h3-7H2,1-2H3. The maximum atomic E-state index is 5.79. The zero-order valence-electron chi connectivity index (χ0n) is 9.98. The van der Waals surface area contributed by atoms with E-state index in [4.69, 9.17) is 21.1 Å². The molecule has 1 aromatic heterocycles. The minimum absolute atomic E-state index is 0.167. The number of hydrogen-bond acceptors (Lipinski definition) is 6.